The second-order valence-corrected chi connectivity index (χ2v) is 11.6. The molecule has 0 atom stereocenters. The van der Waals surface area contributed by atoms with Gasteiger partial charge >= 0.3 is 10.4 Å². The minimum absolute atomic E-state index is 0.0935. The van der Waals surface area contributed by atoms with Gasteiger partial charge in [-0.05, 0) is 68.3 Å². The highest BCUT2D eigenvalue weighted by atomic mass is 32.3. The molecule has 13 nitrogen and oxygen atoms in total. The number of aryl methyl sites for hydroxylation is 2. The molecule has 0 saturated heterocycles. The zero-order valence-corrected chi connectivity index (χ0v) is 22.8. The van der Waals surface area contributed by atoms with Crippen molar-refractivity contribution in [1.29, 1.82) is 0 Å². The van der Waals surface area contributed by atoms with Crippen LogP contribution in [0.2, 0.25) is 0 Å². The Bertz CT molecular complexity index is 1700. The monoisotopic (exact) mass is 574 g/mol. The third kappa shape index (κ3) is 7.73. The van der Waals surface area contributed by atoms with Crippen LogP contribution in [-0.4, -0.2) is 39.5 Å². The van der Waals surface area contributed by atoms with Crippen LogP contribution in [0, 0.1) is 13.8 Å². The minimum Gasteiger partial charge on any atom is -0.397 e. The van der Waals surface area contributed by atoms with Gasteiger partial charge in [0, 0.05) is 5.56 Å². The molecule has 0 amide bonds. The van der Waals surface area contributed by atoms with Gasteiger partial charge in [-0.15, -0.1) is 10.2 Å². The van der Waals surface area contributed by atoms with Gasteiger partial charge in [0.25, 0.3) is 0 Å². The summed E-state index contributed by atoms with van der Waals surface area (Å²) in [6, 6.07) is 12.3. The summed E-state index contributed by atoms with van der Waals surface area (Å²) in [7, 11) is -8.66. The minimum atomic E-state index is -4.75. The summed E-state index contributed by atoms with van der Waals surface area (Å²) in [5.41, 5.74) is 15.6. The van der Waals surface area contributed by atoms with Crippen LogP contribution in [0.15, 0.2) is 73.9 Å². The number of carbonyl (C=O) groups is 1. The Kier molecular flexibility index (Phi) is 8.91. The summed E-state index contributed by atoms with van der Waals surface area (Å²) in [6.45, 7) is 4.06. The molecular formula is C24H26N6O7S2. The van der Waals surface area contributed by atoms with Crippen LogP contribution in [0.25, 0.3) is 0 Å². The summed E-state index contributed by atoms with van der Waals surface area (Å²) < 4.78 is 58.9. The lowest BCUT2D eigenvalue weighted by Crippen LogP contribution is -2.15. The van der Waals surface area contributed by atoms with Crippen molar-refractivity contribution in [2.24, 2.45) is 20.5 Å². The summed E-state index contributed by atoms with van der Waals surface area (Å²) in [4.78, 5) is 11.5. The maximum Gasteiger partial charge on any atom is 0.397 e. The molecule has 0 bridgehead atoms. The summed E-state index contributed by atoms with van der Waals surface area (Å²) in [5.74, 6) is -0.774. The van der Waals surface area contributed by atoms with Crippen molar-refractivity contribution in [2.75, 3.05) is 23.8 Å². The predicted octanol–water partition coefficient (Wildman–Crippen LogP) is 5.09. The smallest absolute Gasteiger partial charge is 0.397 e. The lowest BCUT2D eigenvalue weighted by molar-refractivity contribution is 0.101. The van der Waals surface area contributed by atoms with E-state index in [2.05, 4.69) is 24.6 Å². The molecule has 206 valence electrons. The van der Waals surface area contributed by atoms with Crippen molar-refractivity contribution in [2.45, 2.75) is 25.7 Å². The van der Waals surface area contributed by atoms with Gasteiger partial charge in [-0.2, -0.15) is 18.6 Å². The maximum atomic E-state index is 12.5. The number of ketones is 1. The van der Waals surface area contributed by atoms with Crippen LogP contribution in [-0.2, 0) is 24.4 Å². The van der Waals surface area contributed by atoms with E-state index in [-0.39, 0.29) is 33.4 Å². The fraction of sp³-hybridized carbons (Fsp3) is 0.208. The van der Waals surface area contributed by atoms with Crippen molar-refractivity contribution >= 4 is 60.1 Å². The van der Waals surface area contributed by atoms with E-state index < -0.39 is 32.6 Å². The van der Waals surface area contributed by atoms with E-state index in [1.54, 1.807) is 44.2 Å². The third-order valence-corrected chi connectivity index (χ3v) is 7.60. The van der Waals surface area contributed by atoms with Crippen molar-refractivity contribution in [3.63, 3.8) is 0 Å². The van der Waals surface area contributed by atoms with Gasteiger partial charge in [0.2, 0.25) is 0 Å². The lowest BCUT2D eigenvalue weighted by atomic mass is 10.1. The number of nitrogens with zero attached hydrogens (tertiary/aromatic N) is 4. The lowest BCUT2D eigenvalue weighted by Gasteiger charge is -2.10. The highest BCUT2D eigenvalue weighted by molar-refractivity contribution is 7.91. The molecule has 3 aromatic carbocycles. The highest BCUT2D eigenvalue weighted by Crippen LogP contribution is 2.41. The van der Waals surface area contributed by atoms with Crippen LogP contribution < -0.4 is 11.5 Å². The Morgan fingerprint density at radius 1 is 0.872 bits per heavy atom. The maximum absolute atomic E-state index is 12.5. The molecule has 3 aromatic rings. The Morgan fingerprint density at radius 3 is 2.21 bits per heavy atom. The first-order valence-corrected chi connectivity index (χ1v) is 14.3. The molecule has 39 heavy (non-hydrogen) atoms. The normalized spacial score (nSPS) is 12.4. The van der Waals surface area contributed by atoms with Gasteiger partial charge in [-0.25, -0.2) is 12.6 Å². The Balaban J connectivity index is 1.88. The van der Waals surface area contributed by atoms with E-state index in [9.17, 15) is 21.6 Å². The van der Waals surface area contributed by atoms with E-state index in [0.717, 1.165) is 0 Å². The predicted molar refractivity (Wildman–Crippen MR) is 146 cm³/mol. The van der Waals surface area contributed by atoms with Crippen molar-refractivity contribution in [3.05, 3.63) is 65.2 Å². The first-order chi connectivity index (χ1) is 18.2. The van der Waals surface area contributed by atoms with Gasteiger partial charge < -0.3 is 11.5 Å². The fourth-order valence-corrected chi connectivity index (χ4v) is 4.88. The summed E-state index contributed by atoms with van der Waals surface area (Å²) in [5, 5.41) is 16.7. The molecule has 3 rings (SSSR count). The molecule has 0 saturated carbocycles. The second kappa shape index (κ2) is 11.8. The summed E-state index contributed by atoms with van der Waals surface area (Å²) >= 11 is 0. The van der Waals surface area contributed by atoms with Crippen molar-refractivity contribution in [1.82, 2.24) is 0 Å². The third-order valence-electron chi connectivity index (χ3n) is 5.46. The first kappa shape index (κ1) is 29.5. The number of nitrogens with two attached hydrogens (primary N) is 2. The molecule has 0 spiro atoms. The Hall–Kier alpha value is -4.05. The average molecular weight is 575 g/mol. The number of benzene rings is 3. The van der Waals surface area contributed by atoms with Crippen molar-refractivity contribution < 1.29 is 30.4 Å². The van der Waals surface area contributed by atoms with Crippen LogP contribution in [0.4, 0.5) is 34.1 Å². The number of hydrogen-bond donors (Lipinski definition) is 3. The standard InChI is InChI=1S/C24H26N6O7S2/c1-14-11-19(38(32,33)10-9-37-39(34,35)36)7-8-20(14)28-30-24-22(25)15(2)12-21(23(24)26)29-27-18-6-4-5-17(13-18)16(3)31/h4-8,11-13H,9-10,25-26H2,1-3H3,(H,34,35,36). The first-order valence-electron chi connectivity index (χ1n) is 11.3. The van der Waals surface area contributed by atoms with Crippen LogP contribution >= 0.6 is 0 Å². The van der Waals surface area contributed by atoms with E-state index in [1.165, 1.54) is 25.1 Å². The molecule has 0 radical (unpaired) electrons. The second-order valence-electron chi connectivity index (χ2n) is 8.41. The average Bonchev–Trinajstić information content (AvgIpc) is 2.85. The van der Waals surface area contributed by atoms with Gasteiger partial charge in [0.05, 0.1) is 40.0 Å². The molecule has 0 fully saturated rings. The number of nitrogen functional groups attached to an aromatic ring is 2. The SMILES string of the molecule is CC(=O)c1cccc(N=Nc2cc(C)c(N)c(N=Nc3ccc(S(=O)(=O)CCOS(=O)(=O)O)cc3C)c2N)c1. The molecule has 0 unspecified atom stereocenters. The summed E-state index contributed by atoms with van der Waals surface area (Å²) in [6.07, 6.45) is 0. The van der Waals surface area contributed by atoms with Crippen molar-refractivity contribution in [3.8, 4) is 0 Å². The highest BCUT2D eigenvalue weighted by Gasteiger charge is 2.18. The van der Waals surface area contributed by atoms with E-state index in [1.807, 2.05) is 0 Å². The van der Waals surface area contributed by atoms with Crippen LogP contribution in [0.1, 0.15) is 28.4 Å². The number of azo groups is 2. The number of anilines is 2. The van der Waals surface area contributed by atoms with Gasteiger partial charge in [-0.3, -0.25) is 9.35 Å². The number of carbonyl (C=O) groups excluding carboxylic acids is 1. The molecule has 0 heterocycles. The quantitative estimate of drug-likeness (QED) is 0.127. The zero-order chi connectivity index (χ0) is 29.0. The molecule has 5 N–H and O–H groups in total. The Morgan fingerprint density at radius 2 is 1.56 bits per heavy atom. The molecule has 0 aromatic heterocycles. The van der Waals surface area contributed by atoms with E-state index in [0.29, 0.717) is 28.1 Å². The van der Waals surface area contributed by atoms with Gasteiger partial charge in [0.15, 0.2) is 15.6 Å². The largest absolute Gasteiger partial charge is 0.397 e. The van der Waals surface area contributed by atoms with E-state index >= 15 is 0 Å². The van der Waals surface area contributed by atoms with Gasteiger partial charge in [-0.1, -0.05) is 12.1 Å². The molecule has 15 heteroatoms. The van der Waals surface area contributed by atoms with Crippen LogP contribution in [0.3, 0.4) is 0 Å². The van der Waals surface area contributed by atoms with Crippen LogP contribution in [0.5, 0.6) is 0 Å². The topological polar surface area (TPSA) is 216 Å². The number of sulfone groups is 1. The van der Waals surface area contributed by atoms with Gasteiger partial charge in [0.1, 0.15) is 11.4 Å². The molecular weight excluding hydrogens is 548 g/mol. The zero-order valence-electron chi connectivity index (χ0n) is 21.2. The van der Waals surface area contributed by atoms with E-state index in [4.69, 9.17) is 16.0 Å². The number of Topliss-reactive ketones (excluding diaryl/α,β-unsaturated/α-hetero) is 1. The molecule has 0 aliphatic carbocycles. The Labute approximate surface area is 225 Å². The fourth-order valence-electron chi connectivity index (χ4n) is 3.31. The molecule has 0 aliphatic rings. The molecule has 0 aliphatic heterocycles. The number of hydrogen-bond acceptors (Lipinski definition) is 12. The number of rotatable bonds is 10.